The molecule has 0 unspecified atom stereocenters. The molecule has 0 saturated heterocycles. The molecule has 2 rings (SSSR count). The molecule has 0 aromatic heterocycles. The van der Waals surface area contributed by atoms with Crippen LogP contribution in [0.2, 0.25) is 0 Å². The van der Waals surface area contributed by atoms with Gasteiger partial charge in [0.15, 0.2) is 0 Å². The van der Waals surface area contributed by atoms with Gasteiger partial charge in [-0.3, -0.25) is 0 Å². The van der Waals surface area contributed by atoms with Crippen molar-refractivity contribution < 1.29 is 9.50 Å². The molecule has 2 aromatic carbocycles. The van der Waals surface area contributed by atoms with E-state index in [2.05, 4.69) is 0 Å². The number of nitriles is 1. The van der Waals surface area contributed by atoms with E-state index in [1.54, 1.807) is 43.3 Å². The fourth-order valence-electron chi connectivity index (χ4n) is 1.94. The first kappa shape index (κ1) is 12.3. The summed E-state index contributed by atoms with van der Waals surface area (Å²) < 4.78 is 14.2. The number of aliphatic hydroxyl groups is 1. The third-order valence-corrected chi connectivity index (χ3v) is 2.88. The van der Waals surface area contributed by atoms with Crippen LogP contribution in [-0.2, 0) is 6.61 Å². The lowest BCUT2D eigenvalue weighted by atomic mass is 9.96. The standard InChI is InChI=1S/C15H12FNO/c1-10-5-6-13(9-18)15(16)14(10)12-4-2-3-11(7-12)8-17/h2-7,18H,9H2,1H3. The number of aliphatic hydroxyl groups excluding tert-OH is 1. The van der Waals surface area contributed by atoms with Crippen LogP contribution in [0.5, 0.6) is 0 Å². The van der Waals surface area contributed by atoms with Crippen LogP contribution in [0.3, 0.4) is 0 Å². The van der Waals surface area contributed by atoms with Crippen molar-refractivity contribution in [3.05, 3.63) is 58.9 Å². The molecule has 0 bridgehead atoms. The topological polar surface area (TPSA) is 44.0 Å². The molecule has 0 aliphatic rings. The summed E-state index contributed by atoms with van der Waals surface area (Å²) >= 11 is 0. The van der Waals surface area contributed by atoms with Gasteiger partial charge in [-0.05, 0) is 30.2 Å². The molecule has 2 nitrogen and oxygen atoms in total. The smallest absolute Gasteiger partial charge is 0.136 e. The normalized spacial score (nSPS) is 10.1. The molecule has 0 radical (unpaired) electrons. The summed E-state index contributed by atoms with van der Waals surface area (Å²) in [6, 6.07) is 12.2. The highest BCUT2D eigenvalue weighted by molar-refractivity contribution is 5.70. The number of benzene rings is 2. The fraction of sp³-hybridized carbons (Fsp3) is 0.133. The van der Waals surface area contributed by atoms with Crippen LogP contribution in [0.4, 0.5) is 4.39 Å². The molecule has 0 atom stereocenters. The van der Waals surface area contributed by atoms with E-state index in [1.807, 2.05) is 6.07 Å². The maximum Gasteiger partial charge on any atom is 0.136 e. The Balaban J connectivity index is 2.66. The van der Waals surface area contributed by atoms with Crippen molar-refractivity contribution in [3.63, 3.8) is 0 Å². The minimum Gasteiger partial charge on any atom is -0.392 e. The Morgan fingerprint density at radius 3 is 2.72 bits per heavy atom. The Bertz CT molecular complexity index is 629. The summed E-state index contributed by atoms with van der Waals surface area (Å²) in [7, 11) is 0. The van der Waals surface area contributed by atoms with Crippen LogP contribution in [0, 0.1) is 24.1 Å². The molecule has 0 aliphatic carbocycles. The molecule has 0 saturated carbocycles. The molecule has 0 heterocycles. The zero-order valence-electron chi connectivity index (χ0n) is 9.94. The molecule has 1 N–H and O–H groups in total. The summed E-state index contributed by atoms with van der Waals surface area (Å²) in [5, 5.41) is 18.0. The Hall–Kier alpha value is -2.18. The average molecular weight is 241 g/mol. The zero-order chi connectivity index (χ0) is 13.1. The summed E-state index contributed by atoms with van der Waals surface area (Å²) in [5.41, 5.74) is 2.62. The molecule has 0 fully saturated rings. The van der Waals surface area contributed by atoms with Gasteiger partial charge in [0.2, 0.25) is 0 Å². The summed E-state index contributed by atoms with van der Waals surface area (Å²) in [6.45, 7) is 1.47. The maximum atomic E-state index is 14.2. The van der Waals surface area contributed by atoms with E-state index in [-0.39, 0.29) is 12.2 Å². The van der Waals surface area contributed by atoms with Gasteiger partial charge >= 0.3 is 0 Å². The quantitative estimate of drug-likeness (QED) is 0.877. The third kappa shape index (κ3) is 2.11. The van der Waals surface area contributed by atoms with Crippen molar-refractivity contribution in [2.45, 2.75) is 13.5 Å². The minimum atomic E-state index is -0.424. The highest BCUT2D eigenvalue weighted by Crippen LogP contribution is 2.29. The van der Waals surface area contributed by atoms with Gasteiger partial charge in [0.1, 0.15) is 5.82 Å². The van der Waals surface area contributed by atoms with Crippen LogP contribution in [0.1, 0.15) is 16.7 Å². The van der Waals surface area contributed by atoms with Crippen molar-refractivity contribution in [2.24, 2.45) is 0 Å². The van der Waals surface area contributed by atoms with Crippen molar-refractivity contribution >= 4 is 0 Å². The molecular formula is C15H12FNO. The number of aryl methyl sites for hydroxylation is 1. The summed E-state index contributed by atoms with van der Waals surface area (Å²) in [4.78, 5) is 0. The summed E-state index contributed by atoms with van der Waals surface area (Å²) in [5.74, 6) is -0.424. The van der Waals surface area contributed by atoms with E-state index in [4.69, 9.17) is 10.4 Å². The molecule has 18 heavy (non-hydrogen) atoms. The number of nitrogens with zero attached hydrogens (tertiary/aromatic N) is 1. The first-order chi connectivity index (χ1) is 8.67. The van der Waals surface area contributed by atoms with Gasteiger partial charge in [-0.15, -0.1) is 0 Å². The highest BCUT2D eigenvalue weighted by atomic mass is 19.1. The maximum absolute atomic E-state index is 14.2. The predicted octanol–water partition coefficient (Wildman–Crippen LogP) is 3.17. The second kappa shape index (κ2) is 4.99. The van der Waals surface area contributed by atoms with Crippen LogP contribution in [0.15, 0.2) is 36.4 Å². The monoisotopic (exact) mass is 241 g/mol. The lowest BCUT2D eigenvalue weighted by molar-refractivity contribution is 0.276. The minimum absolute atomic E-state index is 0.262. The Morgan fingerprint density at radius 1 is 1.28 bits per heavy atom. The molecule has 0 spiro atoms. The van der Waals surface area contributed by atoms with Crippen LogP contribution in [0.25, 0.3) is 11.1 Å². The third-order valence-electron chi connectivity index (χ3n) is 2.88. The van der Waals surface area contributed by atoms with E-state index in [0.717, 1.165) is 5.56 Å². The lowest BCUT2D eigenvalue weighted by Crippen LogP contribution is -1.96. The van der Waals surface area contributed by atoms with Gasteiger partial charge in [0.25, 0.3) is 0 Å². The van der Waals surface area contributed by atoms with Gasteiger partial charge in [-0.25, -0.2) is 4.39 Å². The number of rotatable bonds is 2. The fourth-order valence-corrected chi connectivity index (χ4v) is 1.94. The van der Waals surface area contributed by atoms with Crippen molar-refractivity contribution in [1.29, 1.82) is 5.26 Å². The molecule has 3 heteroatoms. The molecule has 90 valence electrons. The Kier molecular flexibility index (Phi) is 3.40. The second-order valence-electron chi connectivity index (χ2n) is 4.08. The Morgan fingerprint density at radius 2 is 2.06 bits per heavy atom. The first-order valence-electron chi connectivity index (χ1n) is 5.56. The average Bonchev–Trinajstić information content (AvgIpc) is 2.39. The highest BCUT2D eigenvalue weighted by Gasteiger charge is 2.12. The molecule has 0 aliphatic heterocycles. The Labute approximate surface area is 105 Å². The molecular weight excluding hydrogens is 229 g/mol. The van der Waals surface area contributed by atoms with E-state index in [9.17, 15) is 4.39 Å². The van der Waals surface area contributed by atoms with Crippen LogP contribution in [-0.4, -0.2) is 5.11 Å². The van der Waals surface area contributed by atoms with Gasteiger partial charge < -0.3 is 5.11 Å². The first-order valence-corrected chi connectivity index (χ1v) is 5.56. The van der Waals surface area contributed by atoms with Crippen molar-refractivity contribution in [2.75, 3.05) is 0 Å². The largest absolute Gasteiger partial charge is 0.392 e. The van der Waals surface area contributed by atoms with Gasteiger partial charge in [0.05, 0.1) is 18.2 Å². The number of halogens is 1. The predicted molar refractivity (Wildman–Crippen MR) is 67.2 cm³/mol. The zero-order valence-corrected chi connectivity index (χ0v) is 9.94. The van der Waals surface area contributed by atoms with Crippen molar-refractivity contribution in [1.82, 2.24) is 0 Å². The van der Waals surface area contributed by atoms with Crippen LogP contribution >= 0.6 is 0 Å². The molecule has 2 aromatic rings. The number of hydrogen-bond acceptors (Lipinski definition) is 2. The van der Waals surface area contributed by atoms with Gasteiger partial charge in [0, 0.05) is 11.1 Å². The SMILES string of the molecule is Cc1ccc(CO)c(F)c1-c1cccc(C#N)c1. The van der Waals surface area contributed by atoms with Gasteiger partial charge in [-0.1, -0.05) is 24.3 Å². The molecule has 0 amide bonds. The summed E-state index contributed by atoms with van der Waals surface area (Å²) in [6.07, 6.45) is 0. The van der Waals surface area contributed by atoms with E-state index >= 15 is 0 Å². The van der Waals surface area contributed by atoms with E-state index < -0.39 is 5.82 Å². The number of hydrogen-bond donors (Lipinski definition) is 1. The van der Waals surface area contributed by atoms with Gasteiger partial charge in [-0.2, -0.15) is 5.26 Å². The lowest BCUT2D eigenvalue weighted by Gasteiger charge is -2.10. The van der Waals surface area contributed by atoms with E-state index in [1.165, 1.54) is 0 Å². The van der Waals surface area contributed by atoms with E-state index in [0.29, 0.717) is 16.7 Å². The van der Waals surface area contributed by atoms with Crippen LogP contribution < -0.4 is 0 Å². The van der Waals surface area contributed by atoms with Crippen molar-refractivity contribution in [3.8, 4) is 17.2 Å². The second-order valence-corrected chi connectivity index (χ2v) is 4.08.